The van der Waals surface area contributed by atoms with Gasteiger partial charge in [0.25, 0.3) is 0 Å². The third kappa shape index (κ3) is 3.64. The first-order valence-electron chi connectivity index (χ1n) is 8.72. The van der Waals surface area contributed by atoms with Gasteiger partial charge in [-0.15, -0.1) is 0 Å². The van der Waals surface area contributed by atoms with Crippen molar-refractivity contribution in [1.82, 2.24) is 9.78 Å². The number of rotatable bonds is 6. The fourth-order valence-electron chi connectivity index (χ4n) is 2.81. The second kappa shape index (κ2) is 8.03. The van der Waals surface area contributed by atoms with Crippen LogP contribution in [0.3, 0.4) is 0 Å². The van der Waals surface area contributed by atoms with Crippen molar-refractivity contribution in [3.8, 4) is 16.9 Å². The van der Waals surface area contributed by atoms with Gasteiger partial charge in [-0.05, 0) is 19.9 Å². The van der Waals surface area contributed by atoms with Crippen LogP contribution >= 0.6 is 0 Å². The number of methoxy groups -OCH3 is 1. The van der Waals surface area contributed by atoms with E-state index in [0.29, 0.717) is 16.7 Å². The molecule has 0 aliphatic rings. The van der Waals surface area contributed by atoms with Crippen molar-refractivity contribution in [2.24, 2.45) is 7.05 Å². The normalized spacial score (nSPS) is 10.7. The summed E-state index contributed by atoms with van der Waals surface area (Å²) in [7, 11) is 3.34. The van der Waals surface area contributed by atoms with E-state index in [2.05, 4.69) is 10.4 Å². The Balaban J connectivity index is 2.20. The van der Waals surface area contributed by atoms with Crippen molar-refractivity contribution >= 4 is 28.7 Å². The van der Waals surface area contributed by atoms with Crippen molar-refractivity contribution in [2.75, 3.05) is 25.6 Å². The maximum absolute atomic E-state index is 12.3. The van der Waals surface area contributed by atoms with Gasteiger partial charge in [-0.25, -0.2) is 9.59 Å². The number of esters is 1. The zero-order chi connectivity index (χ0) is 20.3. The second-order valence-corrected chi connectivity index (χ2v) is 5.82. The van der Waals surface area contributed by atoms with Crippen LogP contribution in [-0.4, -0.2) is 42.2 Å². The van der Waals surface area contributed by atoms with Gasteiger partial charge < -0.3 is 18.6 Å². The number of nitrogens with one attached hydrogen (secondary N) is 1. The van der Waals surface area contributed by atoms with Crippen LogP contribution in [0.5, 0.6) is 5.75 Å². The van der Waals surface area contributed by atoms with Crippen molar-refractivity contribution in [3.63, 3.8) is 0 Å². The summed E-state index contributed by atoms with van der Waals surface area (Å²) in [5, 5.41) is 7.26. The molecule has 0 atom stereocenters. The largest absolute Gasteiger partial charge is 0.496 e. The third-order valence-corrected chi connectivity index (χ3v) is 3.99. The molecule has 0 fully saturated rings. The van der Waals surface area contributed by atoms with E-state index in [1.165, 1.54) is 7.11 Å². The molecule has 3 rings (SSSR count). The number of carbonyl (C=O) groups excluding carboxylic acids is 2. The number of aryl methyl sites for hydroxylation is 1. The number of amides is 1. The number of hydrogen-bond acceptors (Lipinski definition) is 7. The minimum Gasteiger partial charge on any atom is -0.496 e. The number of fused-ring (bicyclic) bond motifs is 1. The number of ether oxygens (including phenoxy) is 3. The summed E-state index contributed by atoms with van der Waals surface area (Å²) in [6, 6.07) is 3.41. The van der Waals surface area contributed by atoms with E-state index >= 15 is 0 Å². The second-order valence-electron chi connectivity index (χ2n) is 5.82. The molecule has 0 aliphatic heterocycles. The third-order valence-electron chi connectivity index (χ3n) is 3.99. The quantitative estimate of drug-likeness (QED) is 0.645. The van der Waals surface area contributed by atoms with Crippen molar-refractivity contribution < 1.29 is 28.2 Å². The van der Waals surface area contributed by atoms with E-state index in [1.807, 2.05) is 6.20 Å². The van der Waals surface area contributed by atoms with E-state index in [1.54, 1.807) is 43.9 Å². The summed E-state index contributed by atoms with van der Waals surface area (Å²) in [6.45, 7) is 3.72. The lowest BCUT2D eigenvalue weighted by atomic mass is 10.1. The van der Waals surface area contributed by atoms with Gasteiger partial charge in [0.2, 0.25) is 5.76 Å². The Morgan fingerprint density at radius 2 is 1.96 bits per heavy atom. The fraction of sp³-hybridized carbons (Fsp3) is 0.316. The molecule has 2 heterocycles. The Hall–Kier alpha value is -3.49. The monoisotopic (exact) mass is 387 g/mol. The molecule has 0 aliphatic carbocycles. The van der Waals surface area contributed by atoms with Crippen LogP contribution < -0.4 is 10.1 Å². The van der Waals surface area contributed by atoms with Gasteiger partial charge >= 0.3 is 12.1 Å². The molecule has 1 N–H and O–H groups in total. The fourth-order valence-corrected chi connectivity index (χ4v) is 2.81. The van der Waals surface area contributed by atoms with Crippen molar-refractivity contribution in [2.45, 2.75) is 13.8 Å². The van der Waals surface area contributed by atoms with E-state index in [9.17, 15) is 9.59 Å². The van der Waals surface area contributed by atoms with Crippen LogP contribution in [-0.2, 0) is 16.5 Å². The van der Waals surface area contributed by atoms with Crippen molar-refractivity contribution in [3.05, 3.63) is 30.3 Å². The summed E-state index contributed by atoms with van der Waals surface area (Å²) in [5.41, 5.74) is 2.08. The molecule has 9 nitrogen and oxygen atoms in total. The number of nitrogens with zero attached hydrogens (tertiary/aromatic N) is 2. The minimum absolute atomic E-state index is 0.115. The topological polar surface area (TPSA) is 105 Å². The maximum Gasteiger partial charge on any atom is 0.411 e. The van der Waals surface area contributed by atoms with E-state index in [0.717, 1.165) is 11.1 Å². The highest BCUT2D eigenvalue weighted by Gasteiger charge is 2.25. The highest BCUT2D eigenvalue weighted by molar-refractivity contribution is 6.09. The van der Waals surface area contributed by atoms with Crippen molar-refractivity contribution in [1.29, 1.82) is 0 Å². The number of anilines is 1. The molecule has 1 aromatic carbocycles. The lowest BCUT2D eigenvalue weighted by Crippen LogP contribution is -2.15. The standard InChI is InChI=1S/C19H21N3O6/c1-5-26-18(23)17-16(21-19(24)27-6-2)13-7-12(11-9-20-22(3)10-11)14(25-4)8-15(13)28-17/h7-10H,5-6H2,1-4H3,(H,21,24). The van der Waals surface area contributed by atoms with E-state index in [-0.39, 0.29) is 24.7 Å². The van der Waals surface area contributed by atoms with Crippen LogP contribution in [0.4, 0.5) is 10.5 Å². The molecule has 2 aromatic heterocycles. The molecule has 1 amide bonds. The van der Waals surface area contributed by atoms with Gasteiger partial charge in [0, 0.05) is 35.8 Å². The average Bonchev–Trinajstić information content (AvgIpc) is 3.24. The number of aromatic nitrogens is 2. The highest BCUT2D eigenvalue weighted by atomic mass is 16.6. The summed E-state index contributed by atoms with van der Waals surface area (Å²) >= 11 is 0. The zero-order valence-electron chi connectivity index (χ0n) is 16.1. The van der Waals surface area contributed by atoms with Crippen LogP contribution in [0.15, 0.2) is 28.9 Å². The first-order valence-corrected chi connectivity index (χ1v) is 8.72. The Morgan fingerprint density at radius 1 is 1.21 bits per heavy atom. The lowest BCUT2D eigenvalue weighted by molar-refractivity contribution is 0.0494. The zero-order valence-corrected chi connectivity index (χ0v) is 16.1. The molecule has 9 heteroatoms. The summed E-state index contributed by atoms with van der Waals surface area (Å²) < 4.78 is 22.8. The molecule has 0 radical (unpaired) electrons. The first kappa shape index (κ1) is 19.3. The summed E-state index contributed by atoms with van der Waals surface area (Å²) in [6.07, 6.45) is 2.82. The molecule has 0 spiro atoms. The smallest absolute Gasteiger partial charge is 0.411 e. The number of benzene rings is 1. The van der Waals surface area contributed by atoms with Gasteiger partial charge in [-0.1, -0.05) is 0 Å². The molecule has 0 saturated heterocycles. The molecule has 0 unspecified atom stereocenters. The first-order chi connectivity index (χ1) is 13.5. The van der Waals surface area contributed by atoms with E-state index < -0.39 is 12.1 Å². The Kier molecular flexibility index (Phi) is 5.53. The van der Waals surface area contributed by atoms with Gasteiger partial charge in [-0.3, -0.25) is 10.00 Å². The predicted molar refractivity (Wildman–Crippen MR) is 102 cm³/mol. The molecule has 3 aromatic rings. The summed E-state index contributed by atoms with van der Waals surface area (Å²) in [5.74, 6) is -0.268. The molecule has 28 heavy (non-hydrogen) atoms. The summed E-state index contributed by atoms with van der Waals surface area (Å²) in [4.78, 5) is 24.3. The Bertz CT molecular complexity index is 1020. The number of carbonyl (C=O) groups is 2. The SMILES string of the molecule is CCOC(=O)Nc1c(C(=O)OCC)oc2cc(OC)c(-c3cnn(C)c3)cc12. The number of furan rings is 1. The van der Waals surface area contributed by atoms with Gasteiger partial charge in [0.05, 0.1) is 26.5 Å². The van der Waals surface area contributed by atoms with Gasteiger partial charge in [-0.2, -0.15) is 5.10 Å². The van der Waals surface area contributed by atoms with Crippen LogP contribution in [0, 0.1) is 0 Å². The van der Waals surface area contributed by atoms with E-state index in [4.69, 9.17) is 18.6 Å². The molecular weight excluding hydrogens is 366 g/mol. The lowest BCUT2D eigenvalue weighted by Gasteiger charge is -2.08. The Morgan fingerprint density at radius 3 is 2.57 bits per heavy atom. The molecular formula is C19H21N3O6. The highest BCUT2D eigenvalue weighted by Crippen LogP contribution is 2.40. The van der Waals surface area contributed by atoms with Crippen LogP contribution in [0.2, 0.25) is 0 Å². The van der Waals surface area contributed by atoms with Gasteiger partial charge in [0.1, 0.15) is 17.0 Å². The maximum atomic E-state index is 12.3. The minimum atomic E-state index is -0.700. The van der Waals surface area contributed by atoms with Crippen LogP contribution in [0.1, 0.15) is 24.4 Å². The molecule has 148 valence electrons. The predicted octanol–water partition coefficient (Wildman–Crippen LogP) is 3.59. The average molecular weight is 387 g/mol. The van der Waals surface area contributed by atoms with Gasteiger partial charge in [0.15, 0.2) is 0 Å². The number of hydrogen-bond donors (Lipinski definition) is 1. The molecule has 0 bridgehead atoms. The molecule has 0 saturated carbocycles. The van der Waals surface area contributed by atoms with Crippen LogP contribution in [0.25, 0.3) is 22.1 Å². The Labute approximate surface area is 161 Å².